The molecule has 0 aromatic heterocycles. The molecule has 6 nitrogen and oxygen atoms in total. The van der Waals surface area contributed by atoms with Crippen LogP contribution in [0.4, 0.5) is 5.69 Å². The lowest BCUT2D eigenvalue weighted by atomic mass is 9.97. The fourth-order valence-corrected chi connectivity index (χ4v) is 4.43. The zero-order chi connectivity index (χ0) is 23.8. The van der Waals surface area contributed by atoms with Crippen molar-refractivity contribution in [2.75, 3.05) is 18.0 Å². The van der Waals surface area contributed by atoms with E-state index in [9.17, 15) is 14.7 Å². The highest BCUT2D eigenvalue weighted by Crippen LogP contribution is 2.31. The van der Waals surface area contributed by atoms with Gasteiger partial charge in [-0.15, -0.1) is 0 Å². The molecule has 2 N–H and O–H groups in total. The molecule has 0 bridgehead atoms. The molecule has 0 spiro atoms. The molecule has 0 radical (unpaired) electrons. The number of amides is 1. The van der Waals surface area contributed by atoms with Crippen LogP contribution in [0.25, 0.3) is 0 Å². The lowest BCUT2D eigenvalue weighted by Crippen LogP contribution is -2.34. The van der Waals surface area contributed by atoms with Crippen molar-refractivity contribution >= 4 is 17.6 Å². The third kappa shape index (κ3) is 6.73. The maximum atomic E-state index is 13.0. The summed E-state index contributed by atoms with van der Waals surface area (Å²) < 4.78 is 5.68. The number of hydrogen-bond acceptors (Lipinski definition) is 4. The first-order chi connectivity index (χ1) is 15.9. The van der Waals surface area contributed by atoms with Crippen molar-refractivity contribution in [2.24, 2.45) is 0 Å². The zero-order valence-corrected chi connectivity index (χ0v) is 20.0. The summed E-state index contributed by atoms with van der Waals surface area (Å²) in [6, 6.07) is 13.2. The van der Waals surface area contributed by atoms with Gasteiger partial charge in [-0.2, -0.15) is 0 Å². The molecule has 2 aromatic carbocycles. The summed E-state index contributed by atoms with van der Waals surface area (Å²) in [6.45, 7) is 7.93. The number of carboxylic acid groups (broad SMARTS) is 1. The van der Waals surface area contributed by atoms with Gasteiger partial charge in [-0.3, -0.25) is 4.79 Å². The van der Waals surface area contributed by atoms with E-state index in [-0.39, 0.29) is 30.0 Å². The van der Waals surface area contributed by atoms with Crippen LogP contribution in [0.3, 0.4) is 0 Å². The van der Waals surface area contributed by atoms with Crippen molar-refractivity contribution in [3.63, 3.8) is 0 Å². The Balaban J connectivity index is 1.77. The Kier molecular flexibility index (Phi) is 8.75. The van der Waals surface area contributed by atoms with Crippen LogP contribution in [-0.4, -0.2) is 36.2 Å². The largest absolute Gasteiger partial charge is 0.490 e. The molecule has 0 aliphatic carbocycles. The molecule has 1 aliphatic heterocycles. The van der Waals surface area contributed by atoms with Crippen LogP contribution in [0, 0.1) is 0 Å². The normalized spacial score (nSPS) is 14.7. The van der Waals surface area contributed by atoms with Crippen molar-refractivity contribution in [3.8, 4) is 5.75 Å². The number of rotatable bonds is 10. The Labute approximate surface area is 196 Å². The highest BCUT2D eigenvalue weighted by Gasteiger charge is 2.22. The number of nitrogens with zero attached hydrogens (tertiary/aromatic N) is 1. The highest BCUT2D eigenvalue weighted by atomic mass is 16.5. The van der Waals surface area contributed by atoms with Crippen molar-refractivity contribution in [3.05, 3.63) is 59.2 Å². The number of carbonyl (C=O) groups is 2. The Morgan fingerprint density at radius 1 is 1.09 bits per heavy atom. The topological polar surface area (TPSA) is 78.9 Å². The van der Waals surface area contributed by atoms with E-state index in [1.54, 1.807) is 12.1 Å². The zero-order valence-electron chi connectivity index (χ0n) is 20.0. The van der Waals surface area contributed by atoms with Crippen LogP contribution >= 0.6 is 0 Å². The molecule has 2 aromatic rings. The highest BCUT2D eigenvalue weighted by molar-refractivity contribution is 5.91. The number of ether oxygens (including phenoxy) is 1. The average molecular weight is 453 g/mol. The van der Waals surface area contributed by atoms with Gasteiger partial charge < -0.3 is 20.1 Å². The van der Waals surface area contributed by atoms with E-state index in [1.165, 1.54) is 36.6 Å². The summed E-state index contributed by atoms with van der Waals surface area (Å²) in [4.78, 5) is 27.0. The minimum Gasteiger partial charge on any atom is -0.490 e. The number of piperidine rings is 1. The van der Waals surface area contributed by atoms with Gasteiger partial charge in [0.05, 0.1) is 18.6 Å². The first-order valence-electron chi connectivity index (χ1n) is 12.0. The maximum Gasteiger partial charge on any atom is 0.339 e. The van der Waals surface area contributed by atoms with Gasteiger partial charge in [0.25, 0.3) is 0 Å². The molecule has 33 heavy (non-hydrogen) atoms. The first kappa shape index (κ1) is 24.6. The Morgan fingerprint density at radius 2 is 1.82 bits per heavy atom. The summed E-state index contributed by atoms with van der Waals surface area (Å²) >= 11 is 0. The van der Waals surface area contributed by atoms with Gasteiger partial charge in [0.1, 0.15) is 11.3 Å². The van der Waals surface area contributed by atoms with E-state index in [1.807, 2.05) is 19.9 Å². The Hall–Kier alpha value is -3.02. The summed E-state index contributed by atoms with van der Waals surface area (Å²) in [6.07, 6.45) is 5.50. The molecular weight excluding hydrogens is 416 g/mol. The van der Waals surface area contributed by atoms with Gasteiger partial charge in [-0.1, -0.05) is 37.6 Å². The van der Waals surface area contributed by atoms with Crippen molar-refractivity contribution in [1.82, 2.24) is 5.32 Å². The third-order valence-corrected chi connectivity index (χ3v) is 5.93. The molecule has 1 atom stereocenters. The lowest BCUT2D eigenvalue weighted by Gasteiger charge is -2.32. The van der Waals surface area contributed by atoms with Crippen LogP contribution in [0.15, 0.2) is 42.5 Å². The number of para-hydroxylation sites is 1. The van der Waals surface area contributed by atoms with E-state index in [4.69, 9.17) is 4.74 Å². The van der Waals surface area contributed by atoms with E-state index < -0.39 is 5.97 Å². The van der Waals surface area contributed by atoms with E-state index in [2.05, 4.69) is 35.3 Å². The van der Waals surface area contributed by atoms with Gasteiger partial charge in [0, 0.05) is 18.8 Å². The molecule has 3 rings (SSSR count). The smallest absolute Gasteiger partial charge is 0.339 e. The van der Waals surface area contributed by atoms with Crippen LogP contribution in [-0.2, 0) is 11.2 Å². The molecule has 1 heterocycles. The Bertz CT molecular complexity index is 951. The van der Waals surface area contributed by atoms with Crippen molar-refractivity contribution in [2.45, 2.75) is 71.4 Å². The number of anilines is 1. The van der Waals surface area contributed by atoms with Gasteiger partial charge in [-0.25, -0.2) is 4.79 Å². The molecule has 1 aliphatic rings. The third-order valence-electron chi connectivity index (χ3n) is 5.93. The van der Waals surface area contributed by atoms with Gasteiger partial charge in [0.15, 0.2) is 0 Å². The number of benzene rings is 2. The molecule has 1 amide bonds. The minimum atomic E-state index is -1.04. The standard InChI is InChI=1S/C27H36N2O4/c1-4-10-23(21-11-6-7-12-24(21)29-15-8-5-9-16-29)28-26(30)18-20-13-14-22(27(31)32)25(17-20)33-19(2)3/h6-7,11-14,17,19,23H,4-5,8-10,15-16,18H2,1-3H3,(H,28,30)(H,31,32)/t23-/m0/s1. The van der Waals surface area contributed by atoms with Crippen LogP contribution in [0.5, 0.6) is 5.75 Å². The molecule has 0 saturated carbocycles. The van der Waals surface area contributed by atoms with Crippen molar-refractivity contribution < 1.29 is 19.4 Å². The van der Waals surface area contributed by atoms with E-state index in [0.29, 0.717) is 5.75 Å². The van der Waals surface area contributed by atoms with Gasteiger partial charge in [0.2, 0.25) is 5.91 Å². The summed E-state index contributed by atoms with van der Waals surface area (Å²) in [5, 5.41) is 12.7. The van der Waals surface area contributed by atoms with Gasteiger partial charge >= 0.3 is 5.97 Å². The van der Waals surface area contributed by atoms with Crippen LogP contribution in [0.1, 0.15) is 80.4 Å². The fourth-order valence-electron chi connectivity index (χ4n) is 4.43. The average Bonchev–Trinajstić information content (AvgIpc) is 2.79. The van der Waals surface area contributed by atoms with E-state index >= 15 is 0 Å². The summed E-state index contributed by atoms with van der Waals surface area (Å²) in [5.41, 5.74) is 3.22. The number of carbonyl (C=O) groups excluding carboxylic acids is 1. The number of hydrogen-bond donors (Lipinski definition) is 2. The number of nitrogens with one attached hydrogen (secondary N) is 1. The monoisotopic (exact) mass is 452 g/mol. The lowest BCUT2D eigenvalue weighted by molar-refractivity contribution is -0.121. The second-order valence-electron chi connectivity index (χ2n) is 8.99. The van der Waals surface area contributed by atoms with Crippen molar-refractivity contribution in [1.29, 1.82) is 0 Å². The molecule has 0 unspecified atom stereocenters. The summed E-state index contributed by atoms with van der Waals surface area (Å²) in [7, 11) is 0. The van der Waals surface area contributed by atoms with Crippen LogP contribution in [0.2, 0.25) is 0 Å². The Morgan fingerprint density at radius 3 is 2.48 bits per heavy atom. The molecule has 1 fully saturated rings. The number of aromatic carboxylic acids is 1. The number of carboxylic acids is 1. The molecular formula is C27H36N2O4. The van der Waals surface area contributed by atoms with Gasteiger partial charge in [-0.05, 0) is 68.9 Å². The molecule has 178 valence electrons. The molecule has 1 saturated heterocycles. The minimum absolute atomic E-state index is 0.0645. The SMILES string of the molecule is CCC[C@H](NC(=O)Cc1ccc(C(=O)O)c(OC(C)C)c1)c1ccccc1N1CCCCC1. The molecule has 6 heteroatoms. The maximum absolute atomic E-state index is 13.0. The predicted molar refractivity (Wildman–Crippen MR) is 131 cm³/mol. The fraction of sp³-hybridized carbons (Fsp3) is 0.481. The summed E-state index contributed by atoms with van der Waals surface area (Å²) in [5.74, 6) is -0.831. The predicted octanol–water partition coefficient (Wildman–Crippen LogP) is 5.36. The second-order valence-corrected chi connectivity index (χ2v) is 8.99. The quantitative estimate of drug-likeness (QED) is 0.507. The van der Waals surface area contributed by atoms with Crippen LogP contribution < -0.4 is 15.0 Å². The van der Waals surface area contributed by atoms with E-state index in [0.717, 1.165) is 31.5 Å². The first-order valence-corrected chi connectivity index (χ1v) is 12.0. The second kappa shape index (κ2) is 11.7.